The molecular weight excluding hydrogens is 458 g/mol. The van der Waals surface area contributed by atoms with Crippen LogP contribution in [0.15, 0.2) is 85.7 Å². The molecule has 0 spiro atoms. The molecule has 180 valence electrons. The van der Waals surface area contributed by atoms with Gasteiger partial charge in [-0.2, -0.15) is 0 Å². The number of piperazine rings is 1. The Kier molecular flexibility index (Phi) is 8.07. The highest BCUT2D eigenvalue weighted by Gasteiger charge is 2.22. The maximum Gasteiger partial charge on any atom is 0.267 e. The Labute approximate surface area is 209 Å². The van der Waals surface area contributed by atoms with Crippen molar-refractivity contribution in [1.29, 1.82) is 0 Å². The first-order valence-corrected chi connectivity index (χ1v) is 12.3. The smallest absolute Gasteiger partial charge is 0.267 e. The van der Waals surface area contributed by atoms with Crippen LogP contribution in [-0.2, 0) is 22.7 Å². The van der Waals surface area contributed by atoms with Gasteiger partial charge >= 0.3 is 0 Å². The zero-order chi connectivity index (χ0) is 24.6. The van der Waals surface area contributed by atoms with E-state index >= 15 is 0 Å². The highest BCUT2D eigenvalue weighted by atomic mass is 32.1. The molecule has 0 saturated carbocycles. The summed E-state index contributed by atoms with van der Waals surface area (Å²) in [6.45, 7) is 11.8. The van der Waals surface area contributed by atoms with Gasteiger partial charge in [0.15, 0.2) is 5.13 Å². The molecule has 0 unspecified atom stereocenters. The van der Waals surface area contributed by atoms with Crippen LogP contribution in [0.1, 0.15) is 10.4 Å². The fourth-order valence-electron chi connectivity index (χ4n) is 3.86. The number of anilines is 1. The molecule has 35 heavy (non-hydrogen) atoms. The predicted molar refractivity (Wildman–Crippen MR) is 141 cm³/mol. The molecule has 1 saturated heterocycles. The number of hydrogen-bond acceptors (Lipinski definition) is 6. The molecule has 0 aliphatic carbocycles. The highest BCUT2D eigenvalue weighted by molar-refractivity contribution is 7.15. The lowest BCUT2D eigenvalue weighted by atomic mass is 10.0. The summed E-state index contributed by atoms with van der Waals surface area (Å²) in [5.74, 6) is -0.406. The molecule has 0 bridgehead atoms. The van der Waals surface area contributed by atoms with E-state index in [9.17, 15) is 9.59 Å². The third-order valence-corrected chi connectivity index (χ3v) is 6.78. The van der Waals surface area contributed by atoms with Crippen molar-refractivity contribution in [3.05, 3.63) is 96.2 Å². The van der Waals surface area contributed by atoms with E-state index in [2.05, 4.69) is 57.9 Å². The minimum Gasteiger partial charge on any atom is -0.365 e. The van der Waals surface area contributed by atoms with Gasteiger partial charge in [-0.1, -0.05) is 67.8 Å². The Bertz CT molecular complexity index is 1180. The van der Waals surface area contributed by atoms with E-state index in [0.29, 0.717) is 17.4 Å². The zero-order valence-corrected chi connectivity index (χ0v) is 20.4. The average molecular weight is 488 g/mol. The summed E-state index contributed by atoms with van der Waals surface area (Å²) in [6, 6.07) is 18.4. The molecule has 7 nitrogen and oxygen atoms in total. The number of hydrogen-bond donors (Lipinski definition) is 2. The topological polar surface area (TPSA) is 77.6 Å². The Balaban J connectivity index is 1.21. The number of rotatable bonds is 9. The molecule has 1 fully saturated rings. The van der Waals surface area contributed by atoms with Gasteiger partial charge in [0.05, 0.1) is 5.70 Å². The molecule has 2 heterocycles. The summed E-state index contributed by atoms with van der Waals surface area (Å²) in [4.78, 5) is 33.7. The van der Waals surface area contributed by atoms with Crippen LogP contribution in [0.5, 0.6) is 0 Å². The third kappa shape index (κ3) is 6.65. The Morgan fingerprint density at radius 2 is 1.69 bits per heavy atom. The van der Waals surface area contributed by atoms with Crippen molar-refractivity contribution in [1.82, 2.24) is 20.1 Å². The highest BCUT2D eigenvalue weighted by Crippen LogP contribution is 2.21. The molecule has 2 N–H and O–H groups in total. The van der Waals surface area contributed by atoms with Crippen molar-refractivity contribution < 1.29 is 9.59 Å². The van der Waals surface area contributed by atoms with Crippen LogP contribution < -0.4 is 10.6 Å². The second-order valence-corrected chi connectivity index (χ2v) is 9.40. The van der Waals surface area contributed by atoms with Crippen molar-refractivity contribution in [3.63, 3.8) is 0 Å². The second kappa shape index (κ2) is 11.6. The Hall–Kier alpha value is -3.75. The van der Waals surface area contributed by atoms with Gasteiger partial charge in [0.25, 0.3) is 5.91 Å². The summed E-state index contributed by atoms with van der Waals surface area (Å²) in [7, 11) is 0. The number of thiazole rings is 1. The number of nitrogens with one attached hydrogen (secondary N) is 2. The lowest BCUT2D eigenvalue weighted by Crippen LogP contribution is -2.47. The van der Waals surface area contributed by atoms with Crippen LogP contribution in [0.3, 0.4) is 0 Å². The van der Waals surface area contributed by atoms with Gasteiger partial charge in [-0.3, -0.25) is 19.8 Å². The predicted octanol–water partition coefficient (Wildman–Crippen LogP) is 3.88. The first kappa shape index (κ1) is 24.4. The number of benzene rings is 2. The maximum absolute atomic E-state index is 12.7. The Morgan fingerprint density at radius 1 is 1.00 bits per heavy atom. The molecule has 1 aliphatic rings. The summed E-state index contributed by atoms with van der Waals surface area (Å²) >= 11 is 1.46. The summed E-state index contributed by atoms with van der Waals surface area (Å²) in [6.07, 6.45) is 3.01. The molecule has 3 aromatic rings. The van der Waals surface area contributed by atoms with E-state index < -0.39 is 0 Å². The van der Waals surface area contributed by atoms with Gasteiger partial charge in [0, 0.05) is 50.3 Å². The van der Waals surface area contributed by atoms with E-state index in [4.69, 9.17) is 0 Å². The van der Waals surface area contributed by atoms with Crippen molar-refractivity contribution in [3.8, 4) is 11.1 Å². The van der Waals surface area contributed by atoms with Crippen LogP contribution in [-0.4, -0.2) is 52.8 Å². The van der Waals surface area contributed by atoms with Gasteiger partial charge in [-0.15, -0.1) is 11.3 Å². The molecule has 2 amide bonds. The quantitative estimate of drug-likeness (QED) is 0.448. The van der Waals surface area contributed by atoms with E-state index in [-0.39, 0.29) is 11.8 Å². The van der Waals surface area contributed by atoms with Crippen LogP contribution >= 0.6 is 11.3 Å². The monoisotopic (exact) mass is 487 g/mol. The van der Waals surface area contributed by atoms with Crippen molar-refractivity contribution in [2.45, 2.75) is 13.1 Å². The van der Waals surface area contributed by atoms with Crippen LogP contribution in [0.4, 0.5) is 5.13 Å². The summed E-state index contributed by atoms with van der Waals surface area (Å²) in [5, 5.41) is 6.25. The first-order chi connectivity index (χ1) is 17.0. The molecular formula is C27H29N5O2S. The lowest BCUT2D eigenvalue weighted by molar-refractivity contribution is -0.119. The van der Waals surface area contributed by atoms with Gasteiger partial charge < -0.3 is 10.2 Å². The van der Waals surface area contributed by atoms with E-state index in [1.54, 1.807) is 6.20 Å². The number of aromatic nitrogens is 1. The number of carbonyl (C=O) groups excluding carboxylic acids is 2. The van der Waals surface area contributed by atoms with Crippen molar-refractivity contribution in [2.75, 3.05) is 31.5 Å². The van der Waals surface area contributed by atoms with Crippen molar-refractivity contribution in [2.24, 2.45) is 0 Å². The third-order valence-electron chi connectivity index (χ3n) is 5.88. The van der Waals surface area contributed by atoms with Crippen LogP contribution in [0, 0.1) is 0 Å². The average Bonchev–Trinajstić information content (AvgIpc) is 3.34. The normalized spacial score (nSPS) is 13.8. The van der Waals surface area contributed by atoms with Gasteiger partial charge in [0.2, 0.25) is 5.91 Å². The molecule has 0 atom stereocenters. The molecule has 2 aromatic carbocycles. The van der Waals surface area contributed by atoms with Crippen LogP contribution in [0.25, 0.3) is 11.1 Å². The molecule has 1 aromatic heterocycles. The molecule has 0 radical (unpaired) electrons. The largest absolute Gasteiger partial charge is 0.365 e. The lowest BCUT2D eigenvalue weighted by Gasteiger charge is -2.36. The number of carbonyl (C=O) groups is 2. The van der Waals surface area contributed by atoms with Crippen LogP contribution in [0.2, 0.25) is 0 Å². The first-order valence-electron chi connectivity index (χ1n) is 11.5. The van der Waals surface area contributed by atoms with Crippen molar-refractivity contribution >= 4 is 28.3 Å². The number of nitrogens with zero attached hydrogens (tertiary/aromatic N) is 3. The maximum atomic E-state index is 12.7. The summed E-state index contributed by atoms with van der Waals surface area (Å²) in [5.41, 5.74) is 3.87. The zero-order valence-electron chi connectivity index (χ0n) is 19.6. The number of amides is 2. The SMILES string of the molecule is C=CC(=O)Nc1ncc(CN2CCN(C(=C)C(=O)NCc3ccc(-c4ccccc4)cc3)CC2)s1. The molecule has 1 aliphatic heterocycles. The van der Waals surface area contributed by atoms with E-state index in [1.807, 2.05) is 35.2 Å². The standard InChI is InChI=1S/C27H29N5O2S/c1-3-25(33)30-27-29-18-24(35-27)19-31-13-15-32(16-14-31)20(2)26(34)28-17-21-9-11-23(12-10-21)22-7-5-4-6-8-22/h3-12,18H,1-2,13-17,19H2,(H,28,34)(H,29,30,33). The fourth-order valence-corrected chi connectivity index (χ4v) is 4.72. The molecule has 8 heteroatoms. The van der Waals surface area contributed by atoms with Gasteiger partial charge in [-0.05, 0) is 22.8 Å². The Morgan fingerprint density at radius 3 is 2.37 bits per heavy atom. The van der Waals surface area contributed by atoms with E-state index in [0.717, 1.165) is 48.7 Å². The van der Waals surface area contributed by atoms with E-state index in [1.165, 1.54) is 23.0 Å². The minimum atomic E-state index is -0.263. The van der Waals surface area contributed by atoms with Gasteiger partial charge in [0.1, 0.15) is 0 Å². The summed E-state index contributed by atoms with van der Waals surface area (Å²) < 4.78 is 0. The molecule has 4 rings (SSSR count). The van der Waals surface area contributed by atoms with Gasteiger partial charge in [-0.25, -0.2) is 4.98 Å². The second-order valence-electron chi connectivity index (χ2n) is 8.28. The fraction of sp³-hybridized carbons (Fsp3) is 0.222. The minimum absolute atomic E-state index is 0.143.